The van der Waals surface area contributed by atoms with Gasteiger partial charge in [-0.25, -0.2) is 18.2 Å². The number of para-hydroxylation sites is 1. The van der Waals surface area contributed by atoms with E-state index in [2.05, 4.69) is 9.88 Å². The van der Waals surface area contributed by atoms with E-state index in [1.165, 1.54) is 17.0 Å². The number of hydrogen-bond donors (Lipinski definition) is 0. The van der Waals surface area contributed by atoms with Gasteiger partial charge >= 0.3 is 0 Å². The highest BCUT2D eigenvalue weighted by Crippen LogP contribution is 2.31. The van der Waals surface area contributed by atoms with Gasteiger partial charge in [0.1, 0.15) is 28.5 Å². The Morgan fingerprint density at radius 1 is 0.964 bits per heavy atom. The monoisotopic (exact) mass is 407 g/mol. The molecule has 1 aromatic heterocycles. The zero-order valence-corrected chi connectivity index (χ0v) is 16.4. The minimum Gasteiger partial charge on any atom is -0.302 e. The highest BCUT2D eigenvalue weighted by atomic mass is 32.1. The summed E-state index contributed by atoms with van der Waals surface area (Å²) in [5.74, 6) is -3.22. The maximum absolute atomic E-state index is 14.2. The molecule has 2 aromatic carbocycles. The van der Waals surface area contributed by atoms with Crippen molar-refractivity contribution in [2.75, 3.05) is 31.1 Å². The van der Waals surface area contributed by atoms with Crippen LogP contribution in [0.3, 0.4) is 0 Å². The van der Waals surface area contributed by atoms with Crippen molar-refractivity contribution < 1.29 is 18.0 Å². The molecule has 1 heterocycles. The van der Waals surface area contributed by atoms with Gasteiger partial charge < -0.3 is 4.90 Å². The number of rotatable bonds is 7. The van der Waals surface area contributed by atoms with Crippen LogP contribution in [0.15, 0.2) is 36.4 Å². The van der Waals surface area contributed by atoms with Crippen molar-refractivity contribution in [1.29, 1.82) is 0 Å². The smallest absolute Gasteiger partial charge is 0.266 e. The van der Waals surface area contributed by atoms with Crippen LogP contribution in [-0.2, 0) is 0 Å². The van der Waals surface area contributed by atoms with E-state index in [-0.39, 0.29) is 17.2 Å². The van der Waals surface area contributed by atoms with Crippen LogP contribution in [0.25, 0.3) is 10.2 Å². The summed E-state index contributed by atoms with van der Waals surface area (Å²) in [7, 11) is 0. The third-order valence-corrected chi connectivity index (χ3v) is 5.59. The van der Waals surface area contributed by atoms with Crippen molar-refractivity contribution >= 4 is 32.6 Å². The average Bonchev–Trinajstić information content (AvgIpc) is 3.10. The van der Waals surface area contributed by atoms with Crippen molar-refractivity contribution in [3.63, 3.8) is 0 Å². The summed E-state index contributed by atoms with van der Waals surface area (Å²) < 4.78 is 43.0. The number of amides is 1. The number of fused-ring (bicyclic) bond motifs is 1. The number of carbonyl (C=O) groups is 1. The topological polar surface area (TPSA) is 36.4 Å². The highest BCUT2D eigenvalue weighted by molar-refractivity contribution is 7.22. The first kappa shape index (κ1) is 20.3. The average molecular weight is 407 g/mol. The minimum atomic E-state index is -0.940. The van der Waals surface area contributed by atoms with Gasteiger partial charge in [0.25, 0.3) is 5.91 Å². The molecule has 0 saturated carbocycles. The molecular formula is C20H20F3N3OS. The molecule has 1 amide bonds. The summed E-state index contributed by atoms with van der Waals surface area (Å²) in [5.41, 5.74) is -0.501. The lowest BCUT2D eigenvalue weighted by molar-refractivity contribution is 0.0975. The Labute approximate surface area is 165 Å². The zero-order valence-electron chi connectivity index (χ0n) is 15.6. The SMILES string of the molecule is CCN(CC)CCN(C(=O)c1c(F)cccc1F)c1nc2c(F)cccc2s1. The predicted molar refractivity (Wildman–Crippen MR) is 105 cm³/mol. The summed E-state index contributed by atoms with van der Waals surface area (Å²) in [6.07, 6.45) is 0. The Kier molecular flexibility index (Phi) is 6.31. The lowest BCUT2D eigenvalue weighted by atomic mass is 10.1. The molecule has 0 N–H and O–H groups in total. The van der Waals surface area contributed by atoms with E-state index >= 15 is 0 Å². The van der Waals surface area contributed by atoms with Crippen LogP contribution in [-0.4, -0.2) is 42.0 Å². The number of aromatic nitrogens is 1. The van der Waals surface area contributed by atoms with Gasteiger partial charge in [-0.1, -0.05) is 37.3 Å². The Morgan fingerprint density at radius 2 is 1.57 bits per heavy atom. The maximum atomic E-state index is 14.2. The molecule has 0 unspecified atom stereocenters. The van der Waals surface area contributed by atoms with Gasteiger partial charge in [-0.3, -0.25) is 9.69 Å². The molecule has 0 atom stereocenters. The fourth-order valence-corrected chi connectivity index (χ4v) is 3.93. The van der Waals surface area contributed by atoms with Crippen LogP contribution >= 0.6 is 11.3 Å². The Bertz CT molecular complexity index is 968. The van der Waals surface area contributed by atoms with Crippen LogP contribution in [0.2, 0.25) is 0 Å². The number of anilines is 1. The van der Waals surface area contributed by atoms with E-state index in [4.69, 9.17) is 0 Å². The number of likely N-dealkylation sites (N-methyl/N-ethyl adjacent to an activating group) is 1. The van der Waals surface area contributed by atoms with Gasteiger partial charge in [0, 0.05) is 13.1 Å². The summed E-state index contributed by atoms with van der Waals surface area (Å²) in [6.45, 7) is 6.17. The molecule has 0 bridgehead atoms. The molecule has 0 radical (unpaired) electrons. The Morgan fingerprint density at radius 3 is 2.18 bits per heavy atom. The number of thiazole rings is 1. The lowest BCUT2D eigenvalue weighted by Crippen LogP contribution is -2.39. The molecule has 0 fully saturated rings. The molecule has 0 aliphatic carbocycles. The maximum Gasteiger partial charge on any atom is 0.266 e. The van der Waals surface area contributed by atoms with E-state index in [0.29, 0.717) is 11.2 Å². The minimum absolute atomic E-state index is 0.136. The zero-order chi connectivity index (χ0) is 20.3. The molecule has 3 rings (SSSR count). The Hall–Kier alpha value is -2.45. The molecule has 4 nitrogen and oxygen atoms in total. The van der Waals surface area contributed by atoms with Gasteiger partial charge in [-0.05, 0) is 37.4 Å². The summed E-state index contributed by atoms with van der Waals surface area (Å²) in [6, 6.07) is 7.81. The number of benzene rings is 2. The highest BCUT2D eigenvalue weighted by Gasteiger charge is 2.27. The van der Waals surface area contributed by atoms with E-state index in [1.807, 2.05) is 13.8 Å². The van der Waals surface area contributed by atoms with Gasteiger partial charge in [0.15, 0.2) is 5.13 Å². The summed E-state index contributed by atoms with van der Waals surface area (Å²) in [5, 5.41) is 0.208. The standard InChI is InChI=1S/C20H20F3N3OS/c1-3-25(4-2)11-12-26(19(27)17-13(21)7-5-8-14(17)22)20-24-18-15(23)9-6-10-16(18)28-20/h5-10H,3-4,11-12H2,1-2H3. The first-order valence-electron chi connectivity index (χ1n) is 8.99. The van der Waals surface area contributed by atoms with Gasteiger partial charge in [0.05, 0.1) is 4.70 Å². The predicted octanol–water partition coefficient (Wildman–Crippen LogP) is 4.70. The van der Waals surface area contributed by atoms with Crippen molar-refractivity contribution in [3.05, 3.63) is 59.4 Å². The van der Waals surface area contributed by atoms with Crippen LogP contribution < -0.4 is 4.90 Å². The molecule has 28 heavy (non-hydrogen) atoms. The normalized spacial score (nSPS) is 11.4. The van der Waals surface area contributed by atoms with Gasteiger partial charge in [-0.15, -0.1) is 0 Å². The van der Waals surface area contributed by atoms with Crippen molar-refractivity contribution in [1.82, 2.24) is 9.88 Å². The molecular weight excluding hydrogens is 387 g/mol. The lowest BCUT2D eigenvalue weighted by Gasteiger charge is -2.25. The number of carbonyl (C=O) groups excluding carboxylic acids is 1. The van der Waals surface area contributed by atoms with Gasteiger partial charge in [0.2, 0.25) is 0 Å². The van der Waals surface area contributed by atoms with Gasteiger partial charge in [-0.2, -0.15) is 0 Å². The number of hydrogen-bond acceptors (Lipinski definition) is 4. The van der Waals surface area contributed by atoms with Crippen molar-refractivity contribution in [2.45, 2.75) is 13.8 Å². The molecule has 0 aliphatic rings. The third-order valence-electron chi connectivity index (χ3n) is 4.55. The van der Waals surface area contributed by atoms with E-state index in [1.54, 1.807) is 12.1 Å². The molecule has 8 heteroatoms. The van der Waals surface area contributed by atoms with Crippen molar-refractivity contribution in [3.8, 4) is 0 Å². The second kappa shape index (κ2) is 8.70. The van der Waals surface area contributed by atoms with Crippen LogP contribution in [0.1, 0.15) is 24.2 Å². The third kappa shape index (κ3) is 4.02. The first-order chi connectivity index (χ1) is 13.5. The molecule has 0 spiro atoms. The number of halogens is 3. The largest absolute Gasteiger partial charge is 0.302 e. The van der Waals surface area contributed by atoms with E-state index in [0.717, 1.165) is 36.6 Å². The first-order valence-corrected chi connectivity index (χ1v) is 9.81. The molecule has 148 valence electrons. The second-order valence-corrected chi connectivity index (χ2v) is 7.17. The molecule has 3 aromatic rings. The van der Waals surface area contributed by atoms with Crippen molar-refractivity contribution in [2.24, 2.45) is 0 Å². The quantitative estimate of drug-likeness (QED) is 0.570. The van der Waals surface area contributed by atoms with Crippen LogP contribution in [0.5, 0.6) is 0 Å². The summed E-state index contributed by atoms with van der Waals surface area (Å²) in [4.78, 5) is 20.6. The van der Waals surface area contributed by atoms with Crippen LogP contribution in [0, 0.1) is 17.5 Å². The van der Waals surface area contributed by atoms with E-state index < -0.39 is 28.9 Å². The fraction of sp³-hybridized carbons (Fsp3) is 0.300. The molecule has 0 aliphatic heterocycles. The van der Waals surface area contributed by atoms with Crippen LogP contribution in [0.4, 0.5) is 18.3 Å². The molecule has 0 saturated heterocycles. The van der Waals surface area contributed by atoms with E-state index in [9.17, 15) is 18.0 Å². The second-order valence-electron chi connectivity index (χ2n) is 6.16. The number of nitrogens with zero attached hydrogens (tertiary/aromatic N) is 3. The fourth-order valence-electron chi connectivity index (χ4n) is 2.92. The Balaban J connectivity index is 2.03. The summed E-state index contributed by atoms with van der Waals surface area (Å²) >= 11 is 1.11.